The van der Waals surface area contributed by atoms with Gasteiger partial charge in [-0.3, -0.25) is 0 Å². The molecule has 2 nitrogen and oxygen atoms in total. The lowest BCUT2D eigenvalue weighted by molar-refractivity contribution is 0.277. The Morgan fingerprint density at radius 2 is 2.60 bits per heavy atom. The molecule has 0 spiro atoms. The summed E-state index contributed by atoms with van der Waals surface area (Å²) in [4.78, 5) is 4.12. The highest BCUT2D eigenvalue weighted by Crippen LogP contribution is 2.09. The van der Waals surface area contributed by atoms with Crippen molar-refractivity contribution in [2.45, 2.75) is 13.0 Å². The summed E-state index contributed by atoms with van der Waals surface area (Å²) in [6.07, 6.45) is 2.60. The van der Waals surface area contributed by atoms with Crippen LogP contribution in [0.3, 0.4) is 0 Å². The Morgan fingerprint density at radius 3 is 3.10 bits per heavy atom. The minimum absolute atomic E-state index is 0.0354. The molecule has 0 fully saturated rings. The van der Waals surface area contributed by atoms with E-state index in [0.29, 0.717) is 0 Å². The third-order valence-electron chi connectivity index (χ3n) is 1.08. The summed E-state index contributed by atoms with van der Waals surface area (Å²) in [5.41, 5.74) is 0.752. The van der Waals surface area contributed by atoms with Crippen LogP contribution in [0.15, 0.2) is 18.0 Å². The molecule has 1 aromatic rings. The Balaban J connectivity index is 2.67. The van der Waals surface area contributed by atoms with E-state index >= 15 is 0 Å². The predicted molar refractivity (Wildman–Crippen MR) is 41.9 cm³/mol. The molecule has 1 N–H and O–H groups in total. The Morgan fingerprint density at radius 1 is 1.80 bits per heavy atom. The second-order valence-electron chi connectivity index (χ2n) is 1.88. The number of aliphatic hydroxyl groups is 1. The summed E-state index contributed by atoms with van der Waals surface area (Å²) in [6.45, 7) is 3.63. The summed E-state index contributed by atoms with van der Waals surface area (Å²) in [7, 11) is 0. The Kier molecular flexibility index (Phi) is 2.59. The SMILES string of the molecule is C=CCc1nc(CO)cs1. The van der Waals surface area contributed by atoms with Gasteiger partial charge in [0.2, 0.25) is 0 Å². The lowest BCUT2D eigenvalue weighted by Gasteiger charge is -1.84. The van der Waals surface area contributed by atoms with Crippen LogP contribution in [-0.2, 0) is 13.0 Å². The third kappa shape index (κ3) is 1.65. The molecule has 0 unspecified atom stereocenters. The molecule has 0 aliphatic heterocycles. The van der Waals surface area contributed by atoms with Crippen molar-refractivity contribution in [2.75, 3.05) is 0 Å². The van der Waals surface area contributed by atoms with Crippen molar-refractivity contribution in [1.82, 2.24) is 4.98 Å². The average Bonchev–Trinajstić information content (AvgIpc) is 2.37. The zero-order valence-corrected chi connectivity index (χ0v) is 6.40. The summed E-state index contributed by atoms with van der Waals surface area (Å²) in [5.74, 6) is 0. The summed E-state index contributed by atoms with van der Waals surface area (Å²) in [5, 5.41) is 11.5. The maximum absolute atomic E-state index is 8.64. The maximum Gasteiger partial charge on any atom is 0.0966 e. The normalized spacial score (nSPS) is 9.70. The average molecular weight is 155 g/mol. The van der Waals surface area contributed by atoms with E-state index in [-0.39, 0.29) is 6.61 Å². The highest BCUT2D eigenvalue weighted by Gasteiger charge is 1.96. The van der Waals surface area contributed by atoms with Crippen LogP contribution in [0.1, 0.15) is 10.7 Å². The standard InChI is InChI=1S/C7H9NOS/c1-2-3-7-8-6(4-9)5-10-7/h2,5,9H,1,3-4H2. The van der Waals surface area contributed by atoms with Crippen LogP contribution in [-0.4, -0.2) is 10.1 Å². The van der Waals surface area contributed by atoms with Crippen molar-refractivity contribution >= 4 is 11.3 Å². The van der Waals surface area contributed by atoms with Crippen molar-refractivity contribution in [2.24, 2.45) is 0 Å². The molecule has 0 aliphatic carbocycles. The lowest BCUT2D eigenvalue weighted by atomic mass is 10.4. The minimum atomic E-state index is 0.0354. The van der Waals surface area contributed by atoms with Crippen LogP contribution in [0.5, 0.6) is 0 Å². The number of rotatable bonds is 3. The first-order valence-corrected chi connectivity index (χ1v) is 3.90. The van der Waals surface area contributed by atoms with E-state index in [1.807, 2.05) is 5.38 Å². The lowest BCUT2D eigenvalue weighted by Crippen LogP contribution is -1.83. The van der Waals surface area contributed by atoms with E-state index in [1.165, 1.54) is 0 Å². The fourth-order valence-electron chi connectivity index (χ4n) is 0.639. The van der Waals surface area contributed by atoms with Crippen LogP contribution in [0.25, 0.3) is 0 Å². The second kappa shape index (κ2) is 3.49. The van der Waals surface area contributed by atoms with Crippen LogP contribution in [0, 0.1) is 0 Å². The first-order valence-electron chi connectivity index (χ1n) is 3.02. The van der Waals surface area contributed by atoms with E-state index in [4.69, 9.17) is 5.11 Å². The van der Waals surface area contributed by atoms with Gasteiger partial charge in [-0.15, -0.1) is 17.9 Å². The van der Waals surface area contributed by atoms with Crippen molar-refractivity contribution < 1.29 is 5.11 Å². The van der Waals surface area contributed by atoms with E-state index in [9.17, 15) is 0 Å². The van der Waals surface area contributed by atoms with Crippen molar-refractivity contribution in [3.05, 3.63) is 28.7 Å². The molecule has 1 rings (SSSR count). The van der Waals surface area contributed by atoms with Crippen molar-refractivity contribution in [3.8, 4) is 0 Å². The quantitative estimate of drug-likeness (QED) is 0.669. The number of aromatic nitrogens is 1. The first-order chi connectivity index (χ1) is 4.86. The van der Waals surface area contributed by atoms with Crippen LogP contribution in [0.4, 0.5) is 0 Å². The monoisotopic (exact) mass is 155 g/mol. The summed E-state index contributed by atoms with van der Waals surface area (Å²) >= 11 is 1.56. The summed E-state index contributed by atoms with van der Waals surface area (Å²) in [6, 6.07) is 0. The van der Waals surface area contributed by atoms with E-state index in [1.54, 1.807) is 17.4 Å². The van der Waals surface area contributed by atoms with E-state index in [0.717, 1.165) is 17.1 Å². The molecule has 0 aliphatic rings. The van der Waals surface area contributed by atoms with Crippen molar-refractivity contribution in [1.29, 1.82) is 0 Å². The molecule has 0 radical (unpaired) electrons. The molecule has 0 bridgehead atoms. The predicted octanol–water partition coefficient (Wildman–Crippen LogP) is 1.36. The van der Waals surface area contributed by atoms with Gasteiger partial charge in [0.1, 0.15) is 0 Å². The molecule has 1 heterocycles. The van der Waals surface area contributed by atoms with Gasteiger partial charge < -0.3 is 5.11 Å². The Labute approximate surface area is 63.9 Å². The zero-order chi connectivity index (χ0) is 7.40. The summed E-state index contributed by atoms with van der Waals surface area (Å²) < 4.78 is 0. The van der Waals surface area contributed by atoms with Gasteiger partial charge in [0.05, 0.1) is 17.3 Å². The topological polar surface area (TPSA) is 33.1 Å². The molecule has 1 aromatic heterocycles. The van der Waals surface area contributed by atoms with Gasteiger partial charge in [-0.05, 0) is 0 Å². The molecule has 0 aromatic carbocycles. The molecule has 10 heavy (non-hydrogen) atoms. The molecular weight excluding hydrogens is 146 g/mol. The number of aliphatic hydroxyl groups excluding tert-OH is 1. The maximum atomic E-state index is 8.64. The van der Waals surface area contributed by atoms with Gasteiger partial charge in [-0.2, -0.15) is 0 Å². The van der Waals surface area contributed by atoms with Gasteiger partial charge in [-0.1, -0.05) is 6.08 Å². The van der Waals surface area contributed by atoms with E-state index in [2.05, 4.69) is 11.6 Å². The first kappa shape index (κ1) is 7.44. The molecule has 54 valence electrons. The number of allylic oxidation sites excluding steroid dienone is 1. The number of hydrogen-bond donors (Lipinski definition) is 1. The Bertz CT molecular complexity index is 219. The minimum Gasteiger partial charge on any atom is -0.390 e. The smallest absolute Gasteiger partial charge is 0.0966 e. The van der Waals surface area contributed by atoms with Gasteiger partial charge in [0.15, 0.2) is 0 Å². The molecule has 0 saturated carbocycles. The van der Waals surface area contributed by atoms with Gasteiger partial charge >= 0.3 is 0 Å². The van der Waals surface area contributed by atoms with Gasteiger partial charge in [0, 0.05) is 11.8 Å². The zero-order valence-electron chi connectivity index (χ0n) is 5.58. The number of nitrogens with zero attached hydrogens (tertiary/aromatic N) is 1. The molecule has 0 amide bonds. The molecule has 3 heteroatoms. The van der Waals surface area contributed by atoms with Crippen LogP contribution in [0.2, 0.25) is 0 Å². The fraction of sp³-hybridized carbons (Fsp3) is 0.286. The molecule has 0 atom stereocenters. The molecule has 0 saturated heterocycles. The van der Waals surface area contributed by atoms with E-state index < -0.39 is 0 Å². The number of thiazole rings is 1. The largest absolute Gasteiger partial charge is 0.390 e. The third-order valence-corrected chi connectivity index (χ3v) is 2.00. The van der Waals surface area contributed by atoms with Crippen LogP contribution < -0.4 is 0 Å². The van der Waals surface area contributed by atoms with Crippen LogP contribution >= 0.6 is 11.3 Å². The van der Waals surface area contributed by atoms with Gasteiger partial charge in [-0.25, -0.2) is 4.98 Å². The second-order valence-corrected chi connectivity index (χ2v) is 2.83. The highest BCUT2D eigenvalue weighted by molar-refractivity contribution is 7.09. The van der Waals surface area contributed by atoms with Crippen molar-refractivity contribution in [3.63, 3.8) is 0 Å². The van der Waals surface area contributed by atoms with Gasteiger partial charge in [0.25, 0.3) is 0 Å². The molecular formula is C7H9NOS. The highest BCUT2D eigenvalue weighted by atomic mass is 32.1. The number of hydrogen-bond acceptors (Lipinski definition) is 3. The Hall–Kier alpha value is -0.670. The fourth-order valence-corrected chi connectivity index (χ4v) is 1.42.